The molecule has 0 saturated carbocycles. The Balaban J connectivity index is 0.00000128. The molecule has 2 aromatic rings. The molecule has 0 saturated heterocycles. The first kappa shape index (κ1) is 12.3. The molecule has 0 bridgehead atoms. The minimum atomic E-state index is -0.894. The summed E-state index contributed by atoms with van der Waals surface area (Å²) < 4.78 is 0. The fourth-order valence-electron chi connectivity index (χ4n) is 1.44. The molecule has 3 heteroatoms. The van der Waals surface area contributed by atoms with Gasteiger partial charge in [-0.25, -0.2) is 4.79 Å². The van der Waals surface area contributed by atoms with E-state index in [9.17, 15) is 4.79 Å². The molecule has 0 aliphatic rings. The van der Waals surface area contributed by atoms with Crippen molar-refractivity contribution in [2.45, 2.75) is 0 Å². The number of carboxylic acid groups (broad SMARTS) is 1. The van der Waals surface area contributed by atoms with E-state index in [1.807, 2.05) is 42.5 Å². The smallest absolute Gasteiger partial charge is 0.335 e. The zero-order valence-corrected chi connectivity index (χ0v) is 9.28. The molecule has 0 spiro atoms. The van der Waals surface area contributed by atoms with E-state index < -0.39 is 5.97 Å². The van der Waals surface area contributed by atoms with Crippen LogP contribution >= 0.6 is 12.4 Å². The number of carboxylic acids is 1. The van der Waals surface area contributed by atoms with Crippen LogP contribution in [0.1, 0.15) is 10.4 Å². The average Bonchev–Trinajstić information content (AvgIpc) is 2.30. The Labute approximate surface area is 100.0 Å². The minimum absolute atomic E-state index is 0. The second-order valence-electron chi connectivity index (χ2n) is 3.25. The predicted molar refractivity (Wildman–Crippen MR) is 66.1 cm³/mol. The highest BCUT2D eigenvalue weighted by Crippen LogP contribution is 2.18. The van der Waals surface area contributed by atoms with Gasteiger partial charge in [-0.15, -0.1) is 12.4 Å². The summed E-state index contributed by atoms with van der Waals surface area (Å²) in [5.41, 5.74) is 2.43. The summed E-state index contributed by atoms with van der Waals surface area (Å²) in [6.07, 6.45) is 0. The topological polar surface area (TPSA) is 37.3 Å². The lowest BCUT2D eigenvalue weighted by Gasteiger charge is -2.01. The van der Waals surface area contributed by atoms with Crippen molar-refractivity contribution in [3.63, 3.8) is 0 Å². The third-order valence-electron chi connectivity index (χ3n) is 2.24. The molecule has 0 aromatic heterocycles. The molecule has 0 aliphatic heterocycles. The predicted octanol–water partition coefficient (Wildman–Crippen LogP) is 3.47. The Morgan fingerprint density at radius 3 is 1.81 bits per heavy atom. The van der Waals surface area contributed by atoms with Gasteiger partial charge in [0.15, 0.2) is 0 Å². The van der Waals surface area contributed by atoms with E-state index in [2.05, 4.69) is 0 Å². The Bertz CT molecular complexity index is 463. The van der Waals surface area contributed by atoms with Crippen LogP contribution < -0.4 is 0 Å². The Kier molecular flexibility index (Phi) is 4.09. The van der Waals surface area contributed by atoms with Gasteiger partial charge in [-0.1, -0.05) is 42.5 Å². The first-order valence-electron chi connectivity index (χ1n) is 4.66. The summed E-state index contributed by atoms with van der Waals surface area (Å²) in [7, 11) is 0. The van der Waals surface area contributed by atoms with E-state index in [1.165, 1.54) is 0 Å². The molecule has 0 unspecified atom stereocenters. The van der Waals surface area contributed by atoms with Gasteiger partial charge in [0.25, 0.3) is 0 Å². The second kappa shape index (κ2) is 5.33. The van der Waals surface area contributed by atoms with Crippen LogP contribution in [-0.4, -0.2) is 11.1 Å². The highest BCUT2D eigenvalue weighted by molar-refractivity contribution is 5.88. The fraction of sp³-hybridized carbons (Fsp3) is 0. The standard InChI is InChI=1S/C13H10O2.ClH/c14-13(15)12-8-6-11(7-9-12)10-4-2-1-3-5-10;/h1-9H,(H,14,15);1H. The number of rotatable bonds is 2. The van der Waals surface area contributed by atoms with Crippen molar-refractivity contribution in [3.8, 4) is 11.1 Å². The van der Waals surface area contributed by atoms with Crippen LogP contribution in [0.2, 0.25) is 0 Å². The van der Waals surface area contributed by atoms with E-state index >= 15 is 0 Å². The molecular formula is C13H11ClO2. The van der Waals surface area contributed by atoms with Crippen molar-refractivity contribution >= 4 is 18.4 Å². The van der Waals surface area contributed by atoms with Gasteiger partial charge in [0.2, 0.25) is 0 Å². The molecule has 0 radical (unpaired) electrons. The van der Waals surface area contributed by atoms with Gasteiger partial charge in [0.05, 0.1) is 5.56 Å². The Hall–Kier alpha value is -1.80. The molecule has 2 rings (SSSR count). The first-order chi connectivity index (χ1) is 7.27. The van der Waals surface area contributed by atoms with Crippen LogP contribution in [-0.2, 0) is 0 Å². The number of hydrogen-bond donors (Lipinski definition) is 1. The summed E-state index contributed by atoms with van der Waals surface area (Å²) in [6, 6.07) is 16.7. The average molecular weight is 235 g/mol. The maximum Gasteiger partial charge on any atom is 0.335 e. The van der Waals surface area contributed by atoms with E-state index in [0.29, 0.717) is 5.56 Å². The van der Waals surface area contributed by atoms with Gasteiger partial charge in [0, 0.05) is 0 Å². The molecule has 82 valence electrons. The molecule has 2 aromatic carbocycles. The summed E-state index contributed by atoms with van der Waals surface area (Å²) in [5, 5.41) is 8.75. The molecule has 0 fully saturated rings. The zero-order valence-electron chi connectivity index (χ0n) is 8.46. The van der Waals surface area contributed by atoms with E-state index in [1.54, 1.807) is 12.1 Å². The summed E-state index contributed by atoms with van der Waals surface area (Å²) in [6.45, 7) is 0. The van der Waals surface area contributed by atoms with Gasteiger partial charge in [-0.3, -0.25) is 0 Å². The van der Waals surface area contributed by atoms with Crippen molar-refractivity contribution < 1.29 is 9.90 Å². The van der Waals surface area contributed by atoms with Crippen molar-refractivity contribution in [3.05, 3.63) is 60.2 Å². The maximum absolute atomic E-state index is 10.6. The lowest BCUT2D eigenvalue weighted by atomic mass is 10.0. The SMILES string of the molecule is Cl.O=C(O)c1ccc(-c2ccccc2)cc1. The van der Waals surface area contributed by atoms with Gasteiger partial charge >= 0.3 is 5.97 Å². The summed E-state index contributed by atoms with van der Waals surface area (Å²) in [4.78, 5) is 10.6. The first-order valence-corrected chi connectivity index (χ1v) is 4.66. The molecule has 16 heavy (non-hydrogen) atoms. The van der Waals surface area contributed by atoms with Gasteiger partial charge in [-0.2, -0.15) is 0 Å². The number of aromatic carboxylic acids is 1. The number of benzene rings is 2. The highest BCUT2D eigenvalue weighted by atomic mass is 35.5. The van der Waals surface area contributed by atoms with Crippen LogP contribution in [0.4, 0.5) is 0 Å². The van der Waals surface area contributed by atoms with Crippen LogP contribution in [0.3, 0.4) is 0 Å². The Morgan fingerprint density at radius 1 is 0.812 bits per heavy atom. The molecule has 2 nitrogen and oxygen atoms in total. The lowest BCUT2D eigenvalue weighted by molar-refractivity contribution is 0.0697. The monoisotopic (exact) mass is 234 g/mol. The minimum Gasteiger partial charge on any atom is -0.478 e. The Morgan fingerprint density at radius 2 is 1.31 bits per heavy atom. The van der Waals surface area contributed by atoms with Crippen LogP contribution in [0.15, 0.2) is 54.6 Å². The number of halogens is 1. The van der Waals surface area contributed by atoms with Crippen molar-refractivity contribution in [2.24, 2.45) is 0 Å². The van der Waals surface area contributed by atoms with E-state index in [0.717, 1.165) is 11.1 Å². The quantitative estimate of drug-likeness (QED) is 0.864. The molecular weight excluding hydrogens is 224 g/mol. The number of hydrogen-bond acceptors (Lipinski definition) is 1. The van der Waals surface area contributed by atoms with Crippen molar-refractivity contribution in [1.29, 1.82) is 0 Å². The van der Waals surface area contributed by atoms with Crippen molar-refractivity contribution in [2.75, 3.05) is 0 Å². The van der Waals surface area contributed by atoms with Gasteiger partial charge in [0.1, 0.15) is 0 Å². The largest absolute Gasteiger partial charge is 0.478 e. The normalized spacial score (nSPS) is 9.25. The zero-order chi connectivity index (χ0) is 10.7. The maximum atomic E-state index is 10.6. The summed E-state index contributed by atoms with van der Waals surface area (Å²) in [5.74, 6) is -0.894. The van der Waals surface area contributed by atoms with E-state index in [4.69, 9.17) is 5.11 Å². The molecule has 0 atom stereocenters. The number of carbonyl (C=O) groups is 1. The lowest BCUT2D eigenvalue weighted by Crippen LogP contribution is -1.94. The molecule has 0 amide bonds. The molecule has 0 aliphatic carbocycles. The third kappa shape index (κ3) is 2.61. The van der Waals surface area contributed by atoms with Gasteiger partial charge in [-0.05, 0) is 23.3 Å². The summed E-state index contributed by atoms with van der Waals surface area (Å²) >= 11 is 0. The van der Waals surface area contributed by atoms with Crippen LogP contribution in [0.25, 0.3) is 11.1 Å². The second-order valence-corrected chi connectivity index (χ2v) is 3.25. The highest BCUT2D eigenvalue weighted by Gasteiger charge is 2.02. The van der Waals surface area contributed by atoms with Crippen molar-refractivity contribution in [1.82, 2.24) is 0 Å². The van der Waals surface area contributed by atoms with Crippen LogP contribution in [0, 0.1) is 0 Å². The van der Waals surface area contributed by atoms with Crippen LogP contribution in [0.5, 0.6) is 0 Å². The third-order valence-corrected chi connectivity index (χ3v) is 2.24. The fourth-order valence-corrected chi connectivity index (χ4v) is 1.44. The molecule has 0 heterocycles. The van der Waals surface area contributed by atoms with Gasteiger partial charge < -0.3 is 5.11 Å². The molecule has 1 N–H and O–H groups in total. The van der Waals surface area contributed by atoms with E-state index in [-0.39, 0.29) is 12.4 Å².